The van der Waals surface area contributed by atoms with E-state index in [9.17, 15) is 13.2 Å². The number of nitrogens with zero attached hydrogens (tertiary/aromatic N) is 1. The summed E-state index contributed by atoms with van der Waals surface area (Å²) in [7, 11) is -3.63. The second-order valence-electron chi connectivity index (χ2n) is 7.92. The first-order valence-electron chi connectivity index (χ1n) is 9.53. The summed E-state index contributed by atoms with van der Waals surface area (Å²) < 4.78 is 29.6. The Balaban J connectivity index is 1.63. The second-order valence-corrected chi connectivity index (χ2v) is 10.5. The van der Waals surface area contributed by atoms with E-state index in [4.69, 9.17) is 0 Å². The maximum absolute atomic E-state index is 13.0. The molecule has 1 heterocycles. The molecule has 0 saturated heterocycles. The predicted molar refractivity (Wildman–Crippen MR) is 105 cm³/mol. The Kier molecular flexibility index (Phi) is 4.90. The summed E-state index contributed by atoms with van der Waals surface area (Å²) in [5.74, 6) is 0.619. The number of hydrogen-bond acceptors (Lipinski definition) is 3. The fraction of sp³-hybridized carbons (Fsp3) is 0.632. The van der Waals surface area contributed by atoms with Gasteiger partial charge in [-0.25, -0.2) is 13.1 Å². The first-order chi connectivity index (χ1) is 12.4. The summed E-state index contributed by atoms with van der Waals surface area (Å²) in [5.41, 5.74) is 1.80. The van der Waals surface area contributed by atoms with Gasteiger partial charge < -0.3 is 4.90 Å². The molecule has 2 atom stereocenters. The molecule has 0 unspecified atom stereocenters. The summed E-state index contributed by atoms with van der Waals surface area (Å²) in [4.78, 5) is 14.5. The van der Waals surface area contributed by atoms with Crippen LogP contribution in [0.5, 0.6) is 0 Å². The van der Waals surface area contributed by atoms with E-state index in [1.54, 1.807) is 11.0 Å². The topological polar surface area (TPSA) is 66.5 Å². The Hall–Kier alpha value is -0.920. The van der Waals surface area contributed by atoms with Crippen molar-refractivity contribution in [3.05, 3.63) is 22.2 Å². The molecule has 1 aromatic carbocycles. The van der Waals surface area contributed by atoms with E-state index in [2.05, 4.69) is 27.6 Å². The highest BCUT2D eigenvalue weighted by atomic mass is 79.9. The van der Waals surface area contributed by atoms with Crippen LogP contribution in [0.15, 0.2) is 21.5 Å². The number of nitrogens with one attached hydrogen (secondary N) is 1. The van der Waals surface area contributed by atoms with Crippen molar-refractivity contribution in [3.8, 4) is 0 Å². The highest BCUT2D eigenvalue weighted by molar-refractivity contribution is 9.10. The van der Waals surface area contributed by atoms with Gasteiger partial charge in [0.1, 0.15) is 0 Å². The number of rotatable bonds is 4. The zero-order chi connectivity index (χ0) is 18.5. The van der Waals surface area contributed by atoms with Gasteiger partial charge in [0.15, 0.2) is 0 Å². The Morgan fingerprint density at radius 1 is 1.19 bits per heavy atom. The molecule has 0 radical (unpaired) electrons. The van der Waals surface area contributed by atoms with E-state index >= 15 is 0 Å². The summed E-state index contributed by atoms with van der Waals surface area (Å²) in [6.45, 7) is 2.76. The van der Waals surface area contributed by atoms with Gasteiger partial charge in [-0.2, -0.15) is 0 Å². The van der Waals surface area contributed by atoms with Crippen molar-refractivity contribution in [2.75, 3.05) is 11.4 Å². The quantitative estimate of drug-likeness (QED) is 0.777. The summed E-state index contributed by atoms with van der Waals surface area (Å²) >= 11 is 3.44. The third-order valence-corrected chi connectivity index (χ3v) is 8.38. The minimum Gasteiger partial charge on any atom is -0.312 e. The zero-order valence-corrected chi connectivity index (χ0v) is 17.4. The van der Waals surface area contributed by atoms with Gasteiger partial charge in [-0.05, 0) is 71.6 Å². The van der Waals surface area contributed by atoms with Crippen LogP contribution in [0, 0.1) is 11.8 Å². The number of amides is 1. The monoisotopic (exact) mass is 440 g/mol. The maximum atomic E-state index is 13.0. The van der Waals surface area contributed by atoms with Crippen LogP contribution >= 0.6 is 15.9 Å². The minimum atomic E-state index is -3.63. The average molecular weight is 441 g/mol. The molecule has 1 aromatic rings. The first-order valence-corrected chi connectivity index (χ1v) is 11.8. The number of sulfonamides is 1. The van der Waals surface area contributed by atoms with Gasteiger partial charge in [-0.3, -0.25) is 4.79 Å². The van der Waals surface area contributed by atoms with Gasteiger partial charge in [-0.1, -0.05) is 19.8 Å². The summed E-state index contributed by atoms with van der Waals surface area (Å²) in [6, 6.07) is 3.54. The van der Waals surface area contributed by atoms with E-state index in [1.807, 2.05) is 6.07 Å². The molecule has 0 spiro atoms. The van der Waals surface area contributed by atoms with Gasteiger partial charge in [0.2, 0.25) is 15.9 Å². The number of anilines is 1. The third-order valence-electron chi connectivity index (χ3n) is 5.93. The van der Waals surface area contributed by atoms with Gasteiger partial charge in [0, 0.05) is 28.7 Å². The van der Waals surface area contributed by atoms with Crippen LogP contribution in [-0.2, 0) is 21.2 Å². The van der Waals surface area contributed by atoms with Crippen molar-refractivity contribution in [2.45, 2.75) is 62.8 Å². The number of carbonyl (C=O) groups excluding carboxylic acids is 1. The van der Waals surface area contributed by atoms with Crippen LogP contribution in [0.25, 0.3) is 0 Å². The summed E-state index contributed by atoms with van der Waals surface area (Å²) in [5, 5.41) is 0. The van der Waals surface area contributed by atoms with Crippen molar-refractivity contribution in [2.24, 2.45) is 11.8 Å². The maximum Gasteiger partial charge on any atom is 0.242 e. The molecule has 1 aliphatic heterocycles. The van der Waals surface area contributed by atoms with E-state index < -0.39 is 10.0 Å². The van der Waals surface area contributed by atoms with E-state index in [0.29, 0.717) is 16.9 Å². The highest BCUT2D eigenvalue weighted by Crippen LogP contribution is 2.39. The van der Waals surface area contributed by atoms with Crippen LogP contribution in [0.2, 0.25) is 0 Å². The smallest absolute Gasteiger partial charge is 0.242 e. The molecule has 1 N–H and O–H groups in total. The van der Waals surface area contributed by atoms with E-state index in [1.165, 1.54) is 6.42 Å². The van der Waals surface area contributed by atoms with Crippen molar-refractivity contribution >= 4 is 37.5 Å². The Labute approximate surface area is 163 Å². The third kappa shape index (κ3) is 3.45. The lowest BCUT2D eigenvalue weighted by molar-refractivity contribution is -0.119. The molecule has 142 valence electrons. The number of carbonyl (C=O) groups is 1. The molecule has 5 nitrogen and oxygen atoms in total. The first kappa shape index (κ1) is 18.4. The SMILES string of the molecule is C[C@H]1CCCC[C@@H]1NS(=O)(=O)c1cc2c(cc1Br)CCN2C(=O)C1CC1. The Bertz CT molecular complexity index is 835. The van der Waals surface area contributed by atoms with Crippen LogP contribution in [-0.4, -0.2) is 26.9 Å². The fourth-order valence-electron chi connectivity index (χ4n) is 4.13. The van der Waals surface area contributed by atoms with Gasteiger partial charge in [0.25, 0.3) is 0 Å². The second kappa shape index (κ2) is 6.91. The predicted octanol–water partition coefficient (Wildman–Crippen LogP) is 3.61. The number of hydrogen-bond donors (Lipinski definition) is 1. The lowest BCUT2D eigenvalue weighted by atomic mass is 9.87. The van der Waals surface area contributed by atoms with Crippen LogP contribution in [0.3, 0.4) is 0 Å². The standard InChI is InChI=1S/C19H25BrN2O3S/c1-12-4-2-3-5-16(12)21-26(24,25)18-11-17-14(10-15(18)20)8-9-22(17)19(23)13-6-7-13/h10-13,16,21H,2-9H2,1H3/t12-,16-/m0/s1. The Morgan fingerprint density at radius 3 is 2.62 bits per heavy atom. The summed E-state index contributed by atoms with van der Waals surface area (Å²) in [6.07, 6.45) is 6.85. The highest BCUT2D eigenvalue weighted by Gasteiger charge is 2.37. The molecule has 0 bridgehead atoms. The van der Waals surface area contributed by atoms with Crippen molar-refractivity contribution in [1.82, 2.24) is 4.72 Å². The van der Waals surface area contributed by atoms with Gasteiger partial charge in [0.05, 0.1) is 4.90 Å². The molecule has 2 fully saturated rings. The molecular weight excluding hydrogens is 416 g/mol. The molecular formula is C19H25BrN2O3S. The molecule has 7 heteroatoms. The lowest BCUT2D eigenvalue weighted by Crippen LogP contribution is -2.41. The number of halogens is 1. The minimum absolute atomic E-state index is 0.0156. The zero-order valence-electron chi connectivity index (χ0n) is 15.0. The molecule has 26 heavy (non-hydrogen) atoms. The van der Waals surface area contributed by atoms with Crippen LogP contribution < -0.4 is 9.62 Å². The van der Waals surface area contributed by atoms with Gasteiger partial charge >= 0.3 is 0 Å². The number of benzene rings is 1. The van der Waals surface area contributed by atoms with Crippen molar-refractivity contribution < 1.29 is 13.2 Å². The fourth-order valence-corrected chi connectivity index (χ4v) is 6.62. The normalized spacial score (nSPS) is 26.0. The molecule has 2 aliphatic carbocycles. The van der Waals surface area contributed by atoms with Crippen LogP contribution in [0.4, 0.5) is 5.69 Å². The average Bonchev–Trinajstić information content (AvgIpc) is 3.36. The molecule has 1 amide bonds. The lowest BCUT2D eigenvalue weighted by Gasteiger charge is -2.29. The van der Waals surface area contributed by atoms with E-state index in [-0.39, 0.29) is 22.8 Å². The van der Waals surface area contributed by atoms with Gasteiger partial charge in [-0.15, -0.1) is 0 Å². The largest absolute Gasteiger partial charge is 0.312 e. The molecule has 0 aromatic heterocycles. The number of fused-ring (bicyclic) bond motifs is 1. The van der Waals surface area contributed by atoms with E-state index in [0.717, 1.165) is 49.8 Å². The molecule has 4 rings (SSSR count). The van der Waals surface area contributed by atoms with Crippen LogP contribution in [0.1, 0.15) is 51.0 Å². The molecule has 2 saturated carbocycles. The van der Waals surface area contributed by atoms with Crippen molar-refractivity contribution in [1.29, 1.82) is 0 Å². The Morgan fingerprint density at radius 2 is 1.92 bits per heavy atom. The van der Waals surface area contributed by atoms with Crippen molar-refractivity contribution in [3.63, 3.8) is 0 Å². The molecule has 3 aliphatic rings.